The predicted octanol–water partition coefficient (Wildman–Crippen LogP) is 2.67. The fourth-order valence-electron chi connectivity index (χ4n) is 3.09. The van der Waals surface area contributed by atoms with Crippen LogP contribution in [0.2, 0.25) is 0 Å². The van der Waals surface area contributed by atoms with Gasteiger partial charge in [-0.25, -0.2) is 12.8 Å². The van der Waals surface area contributed by atoms with E-state index >= 15 is 0 Å². The van der Waals surface area contributed by atoms with Crippen molar-refractivity contribution in [3.63, 3.8) is 0 Å². The topological polar surface area (TPSA) is 141 Å². The number of nitrogens with two attached hydrogens (primary N) is 1. The van der Waals surface area contributed by atoms with Gasteiger partial charge in [-0.15, -0.1) is 0 Å². The molecular weight excluding hydrogens is 442 g/mol. The number of halogens is 1. The number of carboxylic acids is 1. The van der Waals surface area contributed by atoms with Crippen LogP contribution in [0.1, 0.15) is 11.1 Å². The van der Waals surface area contributed by atoms with E-state index < -0.39 is 28.5 Å². The third-order valence-electron chi connectivity index (χ3n) is 4.69. The van der Waals surface area contributed by atoms with Crippen LogP contribution in [0.4, 0.5) is 5.69 Å². The van der Waals surface area contributed by atoms with Gasteiger partial charge < -0.3 is 10.8 Å². The van der Waals surface area contributed by atoms with Crippen molar-refractivity contribution >= 4 is 50.2 Å². The smallest absolute Gasteiger partial charge is 0.318 e. The summed E-state index contributed by atoms with van der Waals surface area (Å²) in [5.74, 6) is -1.68. The molecule has 31 heavy (non-hydrogen) atoms. The molecule has 9 nitrogen and oxygen atoms in total. The Kier molecular flexibility index (Phi) is 6.44. The number of aryl methyl sites for hydroxylation is 1. The van der Waals surface area contributed by atoms with E-state index in [2.05, 4.69) is 4.98 Å². The summed E-state index contributed by atoms with van der Waals surface area (Å²) in [4.78, 5) is 15.3. The number of aromatic nitrogens is 1. The van der Waals surface area contributed by atoms with E-state index in [0.717, 1.165) is 14.3 Å². The lowest BCUT2D eigenvalue weighted by Crippen LogP contribution is -2.35. The summed E-state index contributed by atoms with van der Waals surface area (Å²) in [6.07, 6.45) is 2.85. The first-order valence-electron chi connectivity index (χ1n) is 9.05. The molecule has 0 aliphatic rings. The first-order chi connectivity index (χ1) is 14.6. The zero-order chi connectivity index (χ0) is 22.8. The van der Waals surface area contributed by atoms with Crippen LogP contribution in [0.15, 0.2) is 59.8 Å². The van der Waals surface area contributed by atoms with Crippen molar-refractivity contribution < 1.29 is 18.3 Å². The Hall–Kier alpha value is -3.21. The van der Waals surface area contributed by atoms with Crippen molar-refractivity contribution in [3.8, 4) is 0 Å². The fourth-order valence-corrected chi connectivity index (χ4v) is 4.63. The minimum Gasteiger partial charge on any atom is -0.480 e. The summed E-state index contributed by atoms with van der Waals surface area (Å²) >= 11 is 6.01. The van der Waals surface area contributed by atoms with Crippen LogP contribution in [-0.2, 0) is 21.4 Å². The molecule has 0 bridgehead atoms. The lowest BCUT2D eigenvalue weighted by Gasteiger charge is -2.22. The number of hydrogen-bond donors (Lipinski definition) is 3. The zero-order valence-electron chi connectivity index (χ0n) is 16.5. The number of carbonyl (C=O) groups is 1. The van der Waals surface area contributed by atoms with Gasteiger partial charge in [0.1, 0.15) is 6.54 Å². The number of hydrogen-bond acceptors (Lipinski definition) is 5. The number of nitrogens with one attached hydrogen (secondary N) is 1. The van der Waals surface area contributed by atoms with Crippen molar-refractivity contribution in [2.24, 2.45) is 5.73 Å². The predicted molar refractivity (Wildman–Crippen MR) is 118 cm³/mol. The van der Waals surface area contributed by atoms with E-state index in [0.29, 0.717) is 22.0 Å². The van der Waals surface area contributed by atoms with Crippen molar-refractivity contribution in [2.75, 3.05) is 11.0 Å². The normalized spacial score (nSPS) is 11.6. The minimum absolute atomic E-state index is 0.0854. The third kappa shape index (κ3) is 4.76. The Bertz CT molecular complexity index is 1270. The molecule has 0 amide bonds. The van der Waals surface area contributed by atoms with E-state index in [-0.39, 0.29) is 11.4 Å². The molecule has 2 aromatic carbocycles. The first kappa shape index (κ1) is 22.5. The summed E-state index contributed by atoms with van der Waals surface area (Å²) in [5.41, 5.74) is 7.30. The average Bonchev–Trinajstić information content (AvgIpc) is 2.73. The van der Waals surface area contributed by atoms with Gasteiger partial charge in [0.15, 0.2) is 0 Å². The molecule has 0 aliphatic heterocycles. The van der Waals surface area contributed by atoms with Gasteiger partial charge in [0.2, 0.25) is 16.0 Å². The number of aliphatic carboxylic acids is 1. The van der Waals surface area contributed by atoms with Crippen molar-refractivity contribution in [1.82, 2.24) is 9.29 Å². The highest BCUT2D eigenvalue weighted by Gasteiger charge is 2.28. The third-order valence-corrected chi connectivity index (χ3v) is 6.84. The lowest BCUT2D eigenvalue weighted by atomic mass is 10.1. The molecule has 3 rings (SSSR count). The zero-order valence-corrected chi connectivity index (χ0v) is 18.1. The second-order valence-corrected chi connectivity index (χ2v) is 9.08. The van der Waals surface area contributed by atoms with Gasteiger partial charge in [-0.1, -0.05) is 30.3 Å². The van der Waals surface area contributed by atoms with Crippen LogP contribution in [0.5, 0.6) is 0 Å². The van der Waals surface area contributed by atoms with Gasteiger partial charge in [0.25, 0.3) is 0 Å². The molecule has 0 radical (unpaired) electrons. The van der Waals surface area contributed by atoms with Gasteiger partial charge >= 0.3 is 5.97 Å². The summed E-state index contributed by atoms with van der Waals surface area (Å²) in [7, 11) is -4.14. The monoisotopic (exact) mass is 461 g/mol. The van der Waals surface area contributed by atoms with E-state index in [9.17, 15) is 18.3 Å². The minimum atomic E-state index is -4.14. The first-order valence-corrected chi connectivity index (χ1v) is 10.8. The van der Waals surface area contributed by atoms with Crippen molar-refractivity contribution in [1.29, 1.82) is 5.41 Å². The van der Waals surface area contributed by atoms with Crippen LogP contribution in [0, 0.1) is 12.3 Å². The van der Waals surface area contributed by atoms with Gasteiger partial charge in [-0.2, -0.15) is 4.31 Å². The Morgan fingerprint density at radius 2 is 1.94 bits per heavy atom. The van der Waals surface area contributed by atoms with Crippen molar-refractivity contribution in [2.45, 2.75) is 18.4 Å². The molecule has 0 spiro atoms. The number of nitrogens with zero attached hydrogens (tertiary/aromatic N) is 3. The summed E-state index contributed by atoms with van der Waals surface area (Å²) in [6, 6.07) is 11.4. The number of benzene rings is 2. The van der Waals surface area contributed by atoms with Crippen molar-refractivity contribution in [3.05, 3.63) is 66.0 Å². The van der Waals surface area contributed by atoms with Crippen LogP contribution in [-0.4, -0.2) is 41.3 Å². The second-order valence-electron chi connectivity index (χ2n) is 6.80. The van der Waals surface area contributed by atoms with Gasteiger partial charge in [0.05, 0.1) is 16.8 Å². The largest absolute Gasteiger partial charge is 0.480 e. The quantitative estimate of drug-likeness (QED) is 0.279. The maximum Gasteiger partial charge on any atom is 0.318 e. The highest BCUT2D eigenvalue weighted by Crippen LogP contribution is 2.30. The number of sulfonamides is 1. The van der Waals surface area contributed by atoms with Crippen LogP contribution >= 0.6 is 11.8 Å². The Morgan fingerprint density at radius 3 is 2.58 bits per heavy atom. The number of pyridine rings is 1. The number of carboxylic acid groups (broad SMARTS) is 1. The highest BCUT2D eigenvalue weighted by molar-refractivity contribution is 7.89. The summed E-state index contributed by atoms with van der Waals surface area (Å²) in [6.45, 7) is 1.06. The molecule has 0 fully saturated rings. The van der Waals surface area contributed by atoms with E-state index in [4.69, 9.17) is 22.9 Å². The molecule has 162 valence electrons. The molecule has 4 N–H and O–H groups in total. The van der Waals surface area contributed by atoms with E-state index in [1.807, 2.05) is 19.1 Å². The molecule has 1 heterocycles. The molecule has 0 saturated carbocycles. The maximum absolute atomic E-state index is 13.3. The molecule has 0 saturated heterocycles. The number of fused-ring (bicyclic) bond motifs is 1. The van der Waals surface area contributed by atoms with Gasteiger partial charge in [0, 0.05) is 35.3 Å². The van der Waals surface area contributed by atoms with Crippen LogP contribution < -0.4 is 10.2 Å². The van der Waals surface area contributed by atoms with Crippen LogP contribution in [0.25, 0.3) is 10.8 Å². The Morgan fingerprint density at radius 1 is 1.23 bits per heavy atom. The molecule has 1 aromatic heterocycles. The molecule has 3 aromatic rings. The Labute approximate surface area is 184 Å². The average molecular weight is 462 g/mol. The standard InChI is InChI=1S/C20H20ClN5O4S/c1-13-4-2-3-5-14(13)11-25(12-19(27)28)31(29,30)16-6-7-17-15(8-16)9-24-10-18(17)26(21)20(22)23/h2-10H,11-12H2,1H3,(H3,22,23)(H,27,28). The fraction of sp³-hybridized carbons (Fsp3) is 0.150. The van der Waals surface area contributed by atoms with E-state index in [1.54, 1.807) is 12.1 Å². The summed E-state index contributed by atoms with van der Waals surface area (Å²) in [5, 5.41) is 17.8. The maximum atomic E-state index is 13.3. The Balaban J connectivity index is 2.06. The molecule has 0 atom stereocenters. The number of anilines is 1. The molecule has 0 aliphatic carbocycles. The second kappa shape index (κ2) is 8.88. The number of guanidine groups is 1. The SMILES string of the molecule is Cc1ccccc1CN(CC(=O)O)S(=O)(=O)c1ccc2c(N(Cl)C(=N)N)cncc2c1. The van der Waals surface area contributed by atoms with E-state index in [1.165, 1.54) is 30.6 Å². The highest BCUT2D eigenvalue weighted by atomic mass is 35.5. The number of rotatable bonds is 7. The molecule has 11 heteroatoms. The molecule has 0 unspecified atom stereocenters. The summed E-state index contributed by atoms with van der Waals surface area (Å²) < 4.78 is 28.4. The van der Waals surface area contributed by atoms with Gasteiger partial charge in [-0.3, -0.25) is 15.2 Å². The van der Waals surface area contributed by atoms with Gasteiger partial charge in [-0.05, 0) is 30.2 Å². The molecular formula is C20H20ClN5O4S. The van der Waals surface area contributed by atoms with Crippen LogP contribution in [0.3, 0.4) is 0 Å². The lowest BCUT2D eigenvalue weighted by molar-refractivity contribution is -0.137.